The van der Waals surface area contributed by atoms with Crippen LogP contribution in [0.1, 0.15) is 29.4 Å². The third kappa shape index (κ3) is 5.35. The first-order chi connectivity index (χ1) is 14.5. The Bertz CT molecular complexity index is 997. The molecule has 6 heteroatoms. The zero-order valence-electron chi connectivity index (χ0n) is 17.6. The van der Waals surface area contributed by atoms with E-state index in [4.69, 9.17) is 4.74 Å². The highest BCUT2D eigenvalue weighted by atomic mass is 16.5. The van der Waals surface area contributed by atoms with Crippen LogP contribution in [0.5, 0.6) is 0 Å². The number of esters is 1. The maximum absolute atomic E-state index is 12.4. The first-order valence-corrected chi connectivity index (χ1v) is 10.1. The van der Waals surface area contributed by atoms with E-state index >= 15 is 0 Å². The fourth-order valence-corrected chi connectivity index (χ4v) is 3.31. The highest BCUT2D eigenvalue weighted by Gasteiger charge is 2.21. The molecule has 0 saturated heterocycles. The Labute approximate surface area is 176 Å². The molecule has 3 aromatic rings. The number of hydrogen-bond donors (Lipinski definition) is 1. The summed E-state index contributed by atoms with van der Waals surface area (Å²) in [6.07, 6.45) is -0.0470. The molecule has 0 unspecified atom stereocenters. The summed E-state index contributed by atoms with van der Waals surface area (Å²) in [5, 5.41) is 7.36. The number of amides is 1. The van der Waals surface area contributed by atoms with E-state index < -0.39 is 12.1 Å². The van der Waals surface area contributed by atoms with E-state index in [-0.39, 0.29) is 12.3 Å². The second kappa shape index (κ2) is 9.87. The van der Waals surface area contributed by atoms with Crippen LogP contribution >= 0.6 is 0 Å². The molecular weight excluding hydrogens is 378 g/mol. The molecule has 0 aliphatic heterocycles. The molecule has 6 nitrogen and oxygen atoms in total. The predicted octanol–water partition coefficient (Wildman–Crippen LogP) is 3.32. The summed E-state index contributed by atoms with van der Waals surface area (Å²) in [4.78, 5) is 24.7. The molecule has 2 aromatic carbocycles. The van der Waals surface area contributed by atoms with Gasteiger partial charge in [0.2, 0.25) is 0 Å². The number of ether oxygens (including phenoxy) is 1. The van der Waals surface area contributed by atoms with Crippen LogP contribution in [-0.4, -0.2) is 34.3 Å². The van der Waals surface area contributed by atoms with Crippen molar-refractivity contribution in [1.82, 2.24) is 15.1 Å². The van der Waals surface area contributed by atoms with E-state index in [1.165, 1.54) is 0 Å². The molecule has 30 heavy (non-hydrogen) atoms. The lowest BCUT2D eigenvalue weighted by molar-refractivity contribution is -0.154. The topological polar surface area (TPSA) is 73.2 Å². The molecule has 0 bridgehead atoms. The quantitative estimate of drug-likeness (QED) is 0.584. The number of carbonyl (C=O) groups excluding carboxylic acids is 2. The highest BCUT2D eigenvalue weighted by Crippen LogP contribution is 2.19. The monoisotopic (exact) mass is 405 g/mol. The molecule has 0 saturated carbocycles. The van der Waals surface area contributed by atoms with Crippen LogP contribution in [0.15, 0.2) is 60.7 Å². The Kier molecular flexibility index (Phi) is 7.01. The van der Waals surface area contributed by atoms with Crippen molar-refractivity contribution in [3.63, 3.8) is 0 Å². The second-order valence-electron chi connectivity index (χ2n) is 7.23. The third-order valence-corrected chi connectivity index (χ3v) is 5.00. The summed E-state index contributed by atoms with van der Waals surface area (Å²) in [5.41, 5.74) is 4.55. The predicted molar refractivity (Wildman–Crippen MR) is 115 cm³/mol. The molecule has 1 amide bonds. The Morgan fingerprint density at radius 3 is 2.33 bits per heavy atom. The number of hydrogen-bond acceptors (Lipinski definition) is 4. The molecule has 3 rings (SSSR count). The summed E-state index contributed by atoms with van der Waals surface area (Å²) in [7, 11) is 0. The number of carbonyl (C=O) groups is 2. The molecule has 1 aromatic heterocycles. The van der Waals surface area contributed by atoms with E-state index in [0.29, 0.717) is 6.54 Å². The number of rotatable bonds is 8. The SMILES string of the molecule is Cc1nn(-c2ccccc2)c(C)c1CC(=O)O[C@@H](C)C(=O)NCCc1ccccc1. The van der Waals surface area contributed by atoms with Gasteiger partial charge in [-0.15, -0.1) is 0 Å². The van der Waals surface area contributed by atoms with Crippen LogP contribution in [0, 0.1) is 13.8 Å². The molecule has 0 spiro atoms. The van der Waals surface area contributed by atoms with Gasteiger partial charge in [0.05, 0.1) is 17.8 Å². The summed E-state index contributed by atoms with van der Waals surface area (Å²) >= 11 is 0. The number of aromatic nitrogens is 2. The minimum Gasteiger partial charge on any atom is -0.452 e. The van der Waals surface area contributed by atoms with Crippen molar-refractivity contribution >= 4 is 11.9 Å². The van der Waals surface area contributed by atoms with Gasteiger partial charge in [-0.25, -0.2) is 4.68 Å². The van der Waals surface area contributed by atoms with Crippen LogP contribution in [0.3, 0.4) is 0 Å². The summed E-state index contributed by atoms with van der Waals surface area (Å²) in [6, 6.07) is 19.7. The highest BCUT2D eigenvalue weighted by molar-refractivity contribution is 5.84. The smallest absolute Gasteiger partial charge is 0.311 e. The normalized spacial score (nSPS) is 11.7. The van der Waals surface area contributed by atoms with Gasteiger partial charge in [0, 0.05) is 17.8 Å². The average Bonchev–Trinajstić information content (AvgIpc) is 3.03. The van der Waals surface area contributed by atoms with E-state index in [1.807, 2.05) is 79.2 Å². The van der Waals surface area contributed by atoms with Crippen molar-refractivity contribution in [2.24, 2.45) is 0 Å². The first kappa shape index (κ1) is 21.3. The molecule has 0 radical (unpaired) electrons. The number of nitrogens with zero attached hydrogens (tertiary/aromatic N) is 2. The van der Waals surface area contributed by atoms with Gasteiger partial charge < -0.3 is 10.1 Å². The van der Waals surface area contributed by atoms with Crippen molar-refractivity contribution in [3.8, 4) is 5.69 Å². The van der Waals surface area contributed by atoms with Crippen molar-refractivity contribution in [1.29, 1.82) is 0 Å². The molecule has 156 valence electrons. The Balaban J connectivity index is 1.53. The van der Waals surface area contributed by atoms with Crippen molar-refractivity contribution in [3.05, 3.63) is 83.2 Å². The standard InChI is InChI=1S/C24H27N3O3/c1-17-22(18(2)27(26-17)21-12-8-5-9-13-21)16-23(28)30-19(3)24(29)25-15-14-20-10-6-4-7-11-20/h4-13,19H,14-16H2,1-3H3,(H,25,29)/t19-/m0/s1. The van der Waals surface area contributed by atoms with Gasteiger partial charge >= 0.3 is 5.97 Å². The third-order valence-electron chi connectivity index (χ3n) is 5.00. The van der Waals surface area contributed by atoms with Gasteiger partial charge in [-0.3, -0.25) is 9.59 Å². The zero-order chi connectivity index (χ0) is 21.5. The van der Waals surface area contributed by atoms with Crippen LogP contribution in [0.25, 0.3) is 5.69 Å². The van der Waals surface area contributed by atoms with Gasteiger partial charge in [-0.2, -0.15) is 5.10 Å². The van der Waals surface area contributed by atoms with Gasteiger partial charge in [-0.1, -0.05) is 48.5 Å². The maximum atomic E-state index is 12.4. The molecule has 1 atom stereocenters. The van der Waals surface area contributed by atoms with E-state index in [1.54, 1.807) is 6.92 Å². The molecule has 1 heterocycles. The van der Waals surface area contributed by atoms with Crippen molar-refractivity contribution in [2.45, 2.75) is 39.7 Å². The van der Waals surface area contributed by atoms with E-state index in [2.05, 4.69) is 10.4 Å². The minimum absolute atomic E-state index is 0.0755. The number of aryl methyl sites for hydroxylation is 1. The van der Waals surface area contributed by atoms with E-state index in [0.717, 1.165) is 34.6 Å². The second-order valence-corrected chi connectivity index (χ2v) is 7.23. The lowest BCUT2D eigenvalue weighted by Gasteiger charge is -2.14. The number of nitrogens with one attached hydrogen (secondary N) is 1. The Hall–Kier alpha value is -3.41. The zero-order valence-corrected chi connectivity index (χ0v) is 17.6. The largest absolute Gasteiger partial charge is 0.452 e. The van der Waals surface area contributed by atoms with E-state index in [9.17, 15) is 9.59 Å². The number of benzene rings is 2. The fourth-order valence-electron chi connectivity index (χ4n) is 3.31. The summed E-state index contributed by atoms with van der Waals surface area (Å²) in [6.45, 7) is 5.87. The summed E-state index contributed by atoms with van der Waals surface area (Å²) in [5.74, 6) is -0.743. The lowest BCUT2D eigenvalue weighted by Crippen LogP contribution is -2.37. The van der Waals surface area contributed by atoms with Gasteiger partial charge in [0.1, 0.15) is 0 Å². The Morgan fingerprint density at radius 2 is 1.67 bits per heavy atom. The van der Waals surface area contributed by atoms with Gasteiger partial charge in [0.15, 0.2) is 6.10 Å². The van der Waals surface area contributed by atoms with Gasteiger partial charge in [-0.05, 0) is 44.9 Å². The first-order valence-electron chi connectivity index (χ1n) is 10.1. The van der Waals surface area contributed by atoms with Crippen LogP contribution < -0.4 is 5.32 Å². The summed E-state index contributed by atoms with van der Waals surface area (Å²) < 4.78 is 7.17. The Morgan fingerprint density at radius 1 is 1.03 bits per heavy atom. The molecule has 1 N–H and O–H groups in total. The molecule has 0 fully saturated rings. The molecule has 0 aliphatic rings. The van der Waals surface area contributed by atoms with Crippen LogP contribution in [-0.2, 0) is 27.2 Å². The molecular formula is C24H27N3O3. The van der Waals surface area contributed by atoms with Gasteiger partial charge in [0.25, 0.3) is 5.91 Å². The fraction of sp³-hybridized carbons (Fsp3) is 0.292. The number of para-hydroxylation sites is 1. The van der Waals surface area contributed by atoms with Crippen LogP contribution in [0.4, 0.5) is 0 Å². The minimum atomic E-state index is -0.849. The van der Waals surface area contributed by atoms with Crippen molar-refractivity contribution < 1.29 is 14.3 Å². The average molecular weight is 405 g/mol. The van der Waals surface area contributed by atoms with Crippen molar-refractivity contribution in [2.75, 3.05) is 6.54 Å². The maximum Gasteiger partial charge on any atom is 0.311 e. The van der Waals surface area contributed by atoms with Crippen LogP contribution in [0.2, 0.25) is 0 Å². The lowest BCUT2D eigenvalue weighted by atomic mass is 10.1. The molecule has 0 aliphatic carbocycles.